The first kappa shape index (κ1) is 23.3. The summed E-state index contributed by atoms with van der Waals surface area (Å²) in [5.41, 5.74) is 4.61. The molecule has 1 aliphatic carbocycles. The molecule has 8 heteroatoms. The highest BCUT2D eigenvalue weighted by Crippen LogP contribution is 2.44. The van der Waals surface area contributed by atoms with Crippen LogP contribution in [-0.4, -0.2) is 55.5 Å². The quantitative estimate of drug-likeness (QED) is 0.463. The number of benzene rings is 2. The summed E-state index contributed by atoms with van der Waals surface area (Å²) < 4.78 is 10.7. The Morgan fingerprint density at radius 3 is 2.25 bits per heavy atom. The first-order chi connectivity index (χ1) is 15.5. The molecule has 0 unspecified atom stereocenters. The van der Waals surface area contributed by atoms with Gasteiger partial charge in [-0.15, -0.1) is 0 Å². The molecule has 0 saturated carbocycles. The van der Waals surface area contributed by atoms with Crippen LogP contribution in [0.5, 0.6) is 0 Å². The molecule has 2 aromatic carbocycles. The Balaban J connectivity index is 1.37. The Hall–Kier alpha value is -3.39. The number of nitrogens with one attached hydrogen (secondary N) is 2. The average Bonchev–Trinajstić information content (AvgIpc) is 3.10. The number of carbonyl (C=O) groups is 3. The summed E-state index contributed by atoms with van der Waals surface area (Å²) in [5, 5.41) is 14.0. The van der Waals surface area contributed by atoms with Gasteiger partial charge in [0.15, 0.2) is 0 Å². The van der Waals surface area contributed by atoms with Gasteiger partial charge in [-0.05, 0) is 28.7 Å². The van der Waals surface area contributed by atoms with Gasteiger partial charge in [0.2, 0.25) is 5.91 Å². The van der Waals surface area contributed by atoms with E-state index in [0.717, 1.165) is 22.3 Å². The molecule has 3 rings (SSSR count). The van der Waals surface area contributed by atoms with E-state index in [2.05, 4.69) is 34.9 Å². The number of alkyl carbamates (subject to hydrolysis) is 1. The Morgan fingerprint density at radius 1 is 1.03 bits per heavy atom. The van der Waals surface area contributed by atoms with Gasteiger partial charge in [0.05, 0.1) is 13.0 Å². The number of amides is 2. The van der Waals surface area contributed by atoms with Crippen molar-refractivity contribution in [3.05, 3.63) is 59.7 Å². The van der Waals surface area contributed by atoms with Crippen molar-refractivity contribution in [2.24, 2.45) is 0 Å². The minimum atomic E-state index is -0.967. The maximum atomic E-state index is 12.1. The Bertz CT molecular complexity index is 916. The van der Waals surface area contributed by atoms with Gasteiger partial charge < -0.3 is 25.2 Å². The molecule has 0 spiro atoms. The van der Waals surface area contributed by atoms with Crippen LogP contribution in [0, 0.1) is 0 Å². The molecular formula is C24H28N2O6. The van der Waals surface area contributed by atoms with E-state index in [0.29, 0.717) is 6.42 Å². The number of fused-ring (bicyclic) bond motifs is 3. The molecule has 1 aliphatic rings. The van der Waals surface area contributed by atoms with E-state index in [9.17, 15) is 14.4 Å². The van der Waals surface area contributed by atoms with Crippen molar-refractivity contribution >= 4 is 18.0 Å². The van der Waals surface area contributed by atoms with Crippen molar-refractivity contribution in [1.29, 1.82) is 0 Å². The second-order valence-corrected chi connectivity index (χ2v) is 7.58. The van der Waals surface area contributed by atoms with Crippen LogP contribution < -0.4 is 10.6 Å². The molecule has 3 N–H and O–H groups in total. The topological polar surface area (TPSA) is 114 Å². The van der Waals surface area contributed by atoms with Crippen LogP contribution in [0.3, 0.4) is 0 Å². The van der Waals surface area contributed by atoms with E-state index < -0.39 is 18.1 Å². The third-order valence-electron chi connectivity index (χ3n) is 5.37. The van der Waals surface area contributed by atoms with E-state index in [4.69, 9.17) is 14.6 Å². The number of ether oxygens (including phenoxy) is 2. The number of carboxylic acid groups (broad SMARTS) is 1. The number of carboxylic acids is 1. The van der Waals surface area contributed by atoms with Crippen LogP contribution in [-0.2, 0) is 19.1 Å². The number of aliphatic carboxylic acids is 1. The number of hydrogen-bond donors (Lipinski definition) is 3. The summed E-state index contributed by atoms with van der Waals surface area (Å²) in [7, 11) is 0. The maximum Gasteiger partial charge on any atom is 0.407 e. The molecule has 2 aromatic rings. The highest BCUT2D eigenvalue weighted by Gasteiger charge is 2.28. The second-order valence-electron chi connectivity index (χ2n) is 7.58. The third kappa shape index (κ3) is 6.07. The summed E-state index contributed by atoms with van der Waals surface area (Å²) in [4.78, 5) is 34.6. The van der Waals surface area contributed by atoms with Crippen LogP contribution in [0.2, 0.25) is 0 Å². The molecular weight excluding hydrogens is 412 g/mol. The van der Waals surface area contributed by atoms with Gasteiger partial charge in [-0.3, -0.25) is 9.59 Å². The fourth-order valence-electron chi connectivity index (χ4n) is 3.82. The van der Waals surface area contributed by atoms with Crippen LogP contribution in [0.4, 0.5) is 4.79 Å². The lowest BCUT2D eigenvalue weighted by molar-refractivity contribution is -0.137. The standard InChI is InChI=1S/C24H28N2O6/c1-2-16(13-23(28)29)26-22(27)15-31-12-11-25-24(30)32-14-21-19-9-5-3-7-17(19)18-8-4-6-10-20(18)21/h3-10,16,21H,2,11-15H2,1H3,(H,25,30)(H,26,27)(H,28,29)/t16-/m0/s1. The first-order valence-electron chi connectivity index (χ1n) is 10.7. The molecule has 32 heavy (non-hydrogen) atoms. The largest absolute Gasteiger partial charge is 0.481 e. The van der Waals surface area contributed by atoms with Crippen LogP contribution in [0.25, 0.3) is 11.1 Å². The van der Waals surface area contributed by atoms with Gasteiger partial charge in [0.1, 0.15) is 13.2 Å². The fraction of sp³-hybridized carbons (Fsp3) is 0.375. The van der Waals surface area contributed by atoms with E-state index in [1.54, 1.807) is 6.92 Å². The molecule has 1 atom stereocenters. The van der Waals surface area contributed by atoms with Gasteiger partial charge in [-0.2, -0.15) is 0 Å². The first-order valence-corrected chi connectivity index (χ1v) is 10.7. The minimum Gasteiger partial charge on any atom is -0.481 e. The van der Waals surface area contributed by atoms with Crippen molar-refractivity contribution in [2.45, 2.75) is 31.7 Å². The zero-order valence-electron chi connectivity index (χ0n) is 18.0. The van der Waals surface area contributed by atoms with Gasteiger partial charge >= 0.3 is 12.1 Å². The molecule has 0 aromatic heterocycles. The lowest BCUT2D eigenvalue weighted by Crippen LogP contribution is -2.38. The van der Waals surface area contributed by atoms with Gasteiger partial charge in [-0.25, -0.2) is 4.79 Å². The van der Waals surface area contributed by atoms with Crippen molar-refractivity contribution in [1.82, 2.24) is 10.6 Å². The fourth-order valence-corrected chi connectivity index (χ4v) is 3.82. The van der Waals surface area contributed by atoms with E-state index in [-0.39, 0.29) is 44.6 Å². The predicted octanol–water partition coefficient (Wildman–Crippen LogP) is 2.91. The van der Waals surface area contributed by atoms with Crippen molar-refractivity contribution in [2.75, 3.05) is 26.4 Å². The lowest BCUT2D eigenvalue weighted by Gasteiger charge is -2.15. The van der Waals surface area contributed by atoms with Crippen LogP contribution in [0.1, 0.15) is 36.8 Å². The SMILES string of the molecule is CC[C@@H](CC(=O)O)NC(=O)COCCNC(=O)OCC1c2ccccc2-c2ccccc21. The van der Waals surface area contributed by atoms with Crippen molar-refractivity contribution in [3.63, 3.8) is 0 Å². The van der Waals surface area contributed by atoms with Gasteiger partial charge in [-0.1, -0.05) is 55.5 Å². The van der Waals surface area contributed by atoms with Crippen LogP contribution >= 0.6 is 0 Å². The Morgan fingerprint density at radius 2 is 1.66 bits per heavy atom. The summed E-state index contributed by atoms with van der Waals surface area (Å²) in [6, 6.07) is 15.8. The monoisotopic (exact) mass is 440 g/mol. The van der Waals surface area contributed by atoms with E-state index in [1.165, 1.54) is 0 Å². The van der Waals surface area contributed by atoms with E-state index >= 15 is 0 Å². The van der Waals surface area contributed by atoms with Crippen molar-refractivity contribution in [3.8, 4) is 11.1 Å². The minimum absolute atomic E-state index is 0.00888. The molecule has 0 aliphatic heterocycles. The summed E-state index contributed by atoms with van der Waals surface area (Å²) in [6.07, 6.45) is -0.167. The molecule has 8 nitrogen and oxygen atoms in total. The summed E-state index contributed by atoms with van der Waals surface area (Å²) in [6.45, 7) is 2.14. The molecule has 0 radical (unpaired) electrons. The number of hydrogen-bond acceptors (Lipinski definition) is 5. The molecule has 0 fully saturated rings. The summed E-state index contributed by atoms with van der Waals surface area (Å²) in [5.74, 6) is -1.37. The maximum absolute atomic E-state index is 12.1. The normalized spacial score (nSPS) is 13.0. The van der Waals surface area contributed by atoms with Crippen LogP contribution in [0.15, 0.2) is 48.5 Å². The number of rotatable bonds is 11. The average molecular weight is 440 g/mol. The highest BCUT2D eigenvalue weighted by atomic mass is 16.5. The lowest BCUT2D eigenvalue weighted by atomic mass is 9.98. The molecule has 0 bridgehead atoms. The molecule has 170 valence electrons. The molecule has 2 amide bonds. The Labute approximate surface area is 186 Å². The predicted molar refractivity (Wildman–Crippen MR) is 118 cm³/mol. The smallest absolute Gasteiger partial charge is 0.407 e. The number of carbonyl (C=O) groups excluding carboxylic acids is 2. The van der Waals surface area contributed by atoms with Crippen molar-refractivity contribution < 1.29 is 29.0 Å². The van der Waals surface area contributed by atoms with Gasteiger partial charge in [0, 0.05) is 18.5 Å². The van der Waals surface area contributed by atoms with Gasteiger partial charge in [0.25, 0.3) is 0 Å². The second kappa shape index (κ2) is 11.3. The van der Waals surface area contributed by atoms with E-state index in [1.807, 2.05) is 24.3 Å². The molecule has 0 saturated heterocycles. The Kier molecular flexibility index (Phi) is 8.21. The summed E-state index contributed by atoms with van der Waals surface area (Å²) >= 11 is 0. The molecule has 0 heterocycles. The third-order valence-corrected chi connectivity index (χ3v) is 5.37. The zero-order valence-corrected chi connectivity index (χ0v) is 18.0. The highest BCUT2D eigenvalue weighted by molar-refractivity contribution is 5.79. The zero-order chi connectivity index (χ0) is 22.9.